The van der Waals surface area contributed by atoms with Crippen LogP contribution in [-0.2, 0) is 6.54 Å². The van der Waals surface area contributed by atoms with Gasteiger partial charge in [0, 0.05) is 55.9 Å². The maximum Gasteiger partial charge on any atom is 0.255 e. The number of pyridine rings is 2. The Morgan fingerprint density at radius 1 is 0.871 bits per heavy atom. The molecular weight excluding hydrogens is 416 g/mol. The fraction of sp³-hybridized carbons (Fsp3) is 0.217. The average molecular weight is 437 g/mol. The minimum atomic E-state index is -0.205. The van der Waals surface area contributed by atoms with Gasteiger partial charge in [-0.2, -0.15) is 0 Å². The van der Waals surface area contributed by atoms with Crippen molar-refractivity contribution >= 4 is 23.4 Å². The van der Waals surface area contributed by atoms with Crippen LogP contribution in [0, 0.1) is 0 Å². The molecule has 0 bridgehead atoms. The molecule has 0 N–H and O–H groups in total. The SMILES string of the molecule is O=C(c1cccnc1)N1CCN(C(=O)c2ccc(=O)n(Cc3ccccc3Cl)c2)CC1. The van der Waals surface area contributed by atoms with E-state index in [1.54, 1.807) is 52.7 Å². The summed E-state index contributed by atoms with van der Waals surface area (Å²) < 4.78 is 1.48. The van der Waals surface area contributed by atoms with E-state index in [1.807, 2.05) is 18.2 Å². The van der Waals surface area contributed by atoms with Crippen LogP contribution in [0.5, 0.6) is 0 Å². The number of rotatable bonds is 4. The highest BCUT2D eigenvalue weighted by Gasteiger charge is 2.26. The summed E-state index contributed by atoms with van der Waals surface area (Å²) in [4.78, 5) is 45.3. The molecule has 3 heterocycles. The fourth-order valence-corrected chi connectivity index (χ4v) is 3.75. The first-order chi connectivity index (χ1) is 15.0. The molecule has 3 aromatic rings. The highest BCUT2D eigenvalue weighted by atomic mass is 35.5. The van der Waals surface area contributed by atoms with Crippen molar-refractivity contribution in [3.63, 3.8) is 0 Å². The Morgan fingerprint density at radius 2 is 1.55 bits per heavy atom. The zero-order valence-corrected chi connectivity index (χ0v) is 17.5. The van der Waals surface area contributed by atoms with Crippen LogP contribution in [0.25, 0.3) is 0 Å². The lowest BCUT2D eigenvalue weighted by atomic mass is 10.2. The highest BCUT2D eigenvalue weighted by Crippen LogP contribution is 2.16. The van der Waals surface area contributed by atoms with Crippen molar-refractivity contribution in [2.75, 3.05) is 26.2 Å². The molecule has 1 fully saturated rings. The first-order valence-electron chi connectivity index (χ1n) is 9.95. The number of piperazine rings is 1. The van der Waals surface area contributed by atoms with E-state index in [9.17, 15) is 14.4 Å². The quantitative estimate of drug-likeness (QED) is 0.630. The van der Waals surface area contributed by atoms with Gasteiger partial charge in [-0.25, -0.2) is 0 Å². The summed E-state index contributed by atoms with van der Waals surface area (Å²) in [5.41, 5.74) is 1.56. The van der Waals surface area contributed by atoms with Crippen LogP contribution in [0.4, 0.5) is 0 Å². The number of hydrogen-bond acceptors (Lipinski definition) is 4. The van der Waals surface area contributed by atoms with E-state index in [0.717, 1.165) is 5.56 Å². The van der Waals surface area contributed by atoms with E-state index >= 15 is 0 Å². The van der Waals surface area contributed by atoms with Gasteiger partial charge in [0.05, 0.1) is 17.7 Å². The maximum atomic E-state index is 13.0. The Balaban J connectivity index is 1.44. The first-order valence-corrected chi connectivity index (χ1v) is 10.3. The topological polar surface area (TPSA) is 75.5 Å². The van der Waals surface area contributed by atoms with Crippen LogP contribution in [-0.4, -0.2) is 57.3 Å². The van der Waals surface area contributed by atoms with Gasteiger partial charge in [0.1, 0.15) is 0 Å². The Hall–Kier alpha value is -3.45. The summed E-state index contributed by atoms with van der Waals surface area (Å²) in [5.74, 6) is -0.255. The molecule has 2 amide bonds. The van der Waals surface area contributed by atoms with Crippen LogP contribution in [0.2, 0.25) is 5.02 Å². The van der Waals surface area contributed by atoms with Gasteiger partial charge in [0.25, 0.3) is 17.4 Å². The van der Waals surface area contributed by atoms with Crippen molar-refractivity contribution in [2.24, 2.45) is 0 Å². The number of nitrogens with zero attached hydrogens (tertiary/aromatic N) is 4. The number of amides is 2. The monoisotopic (exact) mass is 436 g/mol. The number of benzene rings is 1. The van der Waals surface area contributed by atoms with Crippen molar-refractivity contribution < 1.29 is 9.59 Å². The molecular formula is C23H21ClN4O3. The molecule has 1 aromatic carbocycles. The summed E-state index contributed by atoms with van der Waals surface area (Å²) in [6.07, 6.45) is 4.74. The van der Waals surface area contributed by atoms with Gasteiger partial charge >= 0.3 is 0 Å². The van der Waals surface area contributed by atoms with Crippen LogP contribution in [0.3, 0.4) is 0 Å². The lowest BCUT2D eigenvalue weighted by Crippen LogP contribution is -2.50. The second kappa shape index (κ2) is 9.14. The van der Waals surface area contributed by atoms with Crippen molar-refractivity contribution in [3.8, 4) is 0 Å². The smallest absolute Gasteiger partial charge is 0.255 e. The van der Waals surface area contributed by atoms with Gasteiger partial charge in [-0.3, -0.25) is 19.4 Å². The molecule has 0 radical (unpaired) electrons. The molecule has 1 aliphatic heterocycles. The maximum absolute atomic E-state index is 13.0. The van der Waals surface area contributed by atoms with Gasteiger partial charge in [-0.15, -0.1) is 0 Å². The lowest BCUT2D eigenvalue weighted by molar-refractivity contribution is 0.0534. The van der Waals surface area contributed by atoms with E-state index in [0.29, 0.717) is 42.3 Å². The minimum Gasteiger partial charge on any atom is -0.335 e. The highest BCUT2D eigenvalue weighted by molar-refractivity contribution is 6.31. The molecule has 1 saturated heterocycles. The number of halogens is 1. The van der Waals surface area contributed by atoms with Crippen molar-refractivity contribution in [1.82, 2.24) is 19.4 Å². The Bertz CT molecular complexity index is 1150. The first kappa shape index (κ1) is 20.8. The predicted octanol–water partition coefficient (Wildman–Crippen LogP) is 2.54. The summed E-state index contributed by atoms with van der Waals surface area (Å²) in [5, 5.41) is 0.570. The van der Waals surface area contributed by atoms with Gasteiger partial charge in [0.2, 0.25) is 0 Å². The minimum absolute atomic E-state index is 0.0894. The summed E-state index contributed by atoms with van der Waals surface area (Å²) in [6, 6.07) is 13.7. The third kappa shape index (κ3) is 4.67. The van der Waals surface area contributed by atoms with Gasteiger partial charge in [0.15, 0.2) is 0 Å². The third-order valence-corrected chi connectivity index (χ3v) is 5.66. The zero-order chi connectivity index (χ0) is 21.8. The van der Waals surface area contributed by atoms with Crippen LogP contribution in [0.15, 0.2) is 71.9 Å². The molecule has 31 heavy (non-hydrogen) atoms. The molecule has 1 aliphatic rings. The second-order valence-electron chi connectivity index (χ2n) is 7.30. The lowest BCUT2D eigenvalue weighted by Gasteiger charge is -2.34. The van der Waals surface area contributed by atoms with Gasteiger partial charge in [-0.1, -0.05) is 29.8 Å². The Kier molecular flexibility index (Phi) is 6.13. The van der Waals surface area contributed by atoms with Gasteiger partial charge < -0.3 is 14.4 Å². The molecule has 0 spiro atoms. The molecule has 0 saturated carbocycles. The van der Waals surface area contributed by atoms with E-state index < -0.39 is 0 Å². The Morgan fingerprint density at radius 3 is 2.19 bits per heavy atom. The number of aromatic nitrogens is 2. The zero-order valence-electron chi connectivity index (χ0n) is 16.8. The molecule has 0 aliphatic carbocycles. The third-order valence-electron chi connectivity index (χ3n) is 5.29. The molecule has 2 aromatic heterocycles. The largest absolute Gasteiger partial charge is 0.335 e. The predicted molar refractivity (Wildman–Crippen MR) is 117 cm³/mol. The second-order valence-corrected chi connectivity index (χ2v) is 7.71. The molecule has 0 unspecified atom stereocenters. The molecule has 7 nitrogen and oxygen atoms in total. The number of carbonyl (C=O) groups excluding carboxylic acids is 2. The van der Waals surface area contributed by atoms with Crippen LogP contribution >= 0.6 is 11.6 Å². The number of carbonyl (C=O) groups is 2. The molecule has 158 valence electrons. The summed E-state index contributed by atoms with van der Waals surface area (Å²) >= 11 is 6.21. The summed E-state index contributed by atoms with van der Waals surface area (Å²) in [7, 11) is 0. The normalized spacial score (nSPS) is 13.8. The molecule has 4 rings (SSSR count). The molecule has 0 atom stereocenters. The van der Waals surface area contributed by atoms with Gasteiger partial charge in [-0.05, 0) is 29.8 Å². The van der Waals surface area contributed by atoms with E-state index in [4.69, 9.17) is 11.6 Å². The van der Waals surface area contributed by atoms with E-state index in [-0.39, 0.29) is 23.9 Å². The Labute approximate surface area is 184 Å². The average Bonchev–Trinajstić information content (AvgIpc) is 2.81. The van der Waals surface area contributed by atoms with E-state index in [1.165, 1.54) is 10.6 Å². The van der Waals surface area contributed by atoms with Crippen molar-refractivity contribution in [1.29, 1.82) is 0 Å². The van der Waals surface area contributed by atoms with Crippen LogP contribution in [0.1, 0.15) is 26.3 Å². The standard InChI is InChI=1S/C23H21ClN4O3/c24-20-6-2-1-4-18(20)15-28-16-19(7-8-21(28)29)23(31)27-12-10-26(11-13-27)22(30)17-5-3-9-25-14-17/h1-9,14,16H,10-13,15H2. The van der Waals surface area contributed by atoms with Crippen LogP contribution < -0.4 is 5.56 Å². The number of hydrogen-bond donors (Lipinski definition) is 0. The van der Waals surface area contributed by atoms with E-state index in [2.05, 4.69) is 4.98 Å². The summed E-state index contributed by atoms with van der Waals surface area (Å²) in [6.45, 7) is 2.02. The van der Waals surface area contributed by atoms with Crippen molar-refractivity contribution in [3.05, 3.63) is 99.2 Å². The molecule has 8 heteroatoms. The fourth-order valence-electron chi connectivity index (χ4n) is 3.56. The van der Waals surface area contributed by atoms with Crippen molar-refractivity contribution in [2.45, 2.75) is 6.54 Å².